The molecule has 19 heavy (non-hydrogen) atoms. The molecule has 0 aliphatic heterocycles. The van der Waals surface area contributed by atoms with Crippen LogP contribution in [-0.2, 0) is 9.59 Å². The smallest absolute Gasteiger partial charge is 0.249 e. The van der Waals surface area contributed by atoms with Gasteiger partial charge in [-0.3, -0.25) is 9.59 Å². The molecular formula is C13H16ClN3O2. The van der Waals surface area contributed by atoms with Crippen LogP contribution in [0.15, 0.2) is 29.4 Å². The number of hydrazone groups is 1. The van der Waals surface area contributed by atoms with Crippen LogP contribution in [0.1, 0.15) is 25.8 Å². The van der Waals surface area contributed by atoms with Crippen LogP contribution in [0.4, 0.5) is 0 Å². The standard InChI is InChI=1S/C13H16ClN3O2/c1-9(2)16-12(18)7-13(19)17-15-8-10-5-3-4-6-11(10)14/h3-6,8-9H,7H2,1-2H3,(H,16,18)(H,17,19). The minimum absolute atomic E-state index is 0.00641. The molecule has 5 nitrogen and oxygen atoms in total. The lowest BCUT2D eigenvalue weighted by atomic mass is 10.2. The average Bonchev–Trinajstić information content (AvgIpc) is 2.30. The Balaban J connectivity index is 2.42. The summed E-state index contributed by atoms with van der Waals surface area (Å²) < 4.78 is 0. The molecule has 0 spiro atoms. The number of rotatable bonds is 5. The molecular weight excluding hydrogens is 266 g/mol. The number of halogens is 1. The molecule has 0 atom stereocenters. The predicted molar refractivity (Wildman–Crippen MR) is 75.1 cm³/mol. The topological polar surface area (TPSA) is 70.6 Å². The third-order valence-electron chi connectivity index (χ3n) is 2.07. The number of hydrogen-bond acceptors (Lipinski definition) is 3. The fraction of sp³-hybridized carbons (Fsp3) is 0.308. The van der Waals surface area contributed by atoms with Crippen LogP contribution in [-0.4, -0.2) is 24.1 Å². The van der Waals surface area contributed by atoms with Gasteiger partial charge in [-0.1, -0.05) is 29.8 Å². The molecule has 1 aromatic rings. The van der Waals surface area contributed by atoms with Crippen LogP contribution in [0.5, 0.6) is 0 Å². The quantitative estimate of drug-likeness (QED) is 0.490. The Kier molecular flexibility index (Phi) is 6.02. The Labute approximate surface area is 117 Å². The zero-order chi connectivity index (χ0) is 14.3. The molecule has 0 saturated heterocycles. The summed E-state index contributed by atoms with van der Waals surface area (Å²) in [6.07, 6.45) is 1.18. The maximum absolute atomic E-state index is 11.4. The normalized spacial score (nSPS) is 10.7. The molecule has 0 aromatic heterocycles. The third kappa shape index (κ3) is 6.01. The fourth-order valence-corrected chi connectivity index (χ4v) is 1.50. The summed E-state index contributed by atoms with van der Waals surface area (Å²) in [6.45, 7) is 3.65. The van der Waals surface area contributed by atoms with Gasteiger partial charge in [-0.25, -0.2) is 5.43 Å². The Morgan fingerprint density at radius 3 is 2.63 bits per heavy atom. The summed E-state index contributed by atoms with van der Waals surface area (Å²) in [4.78, 5) is 22.7. The lowest BCUT2D eigenvalue weighted by Crippen LogP contribution is -2.34. The van der Waals surface area contributed by atoms with E-state index in [1.54, 1.807) is 18.2 Å². The minimum atomic E-state index is -0.471. The van der Waals surface area contributed by atoms with Gasteiger partial charge < -0.3 is 5.32 Å². The van der Waals surface area contributed by atoms with Crippen molar-refractivity contribution in [1.29, 1.82) is 0 Å². The zero-order valence-corrected chi connectivity index (χ0v) is 11.6. The van der Waals surface area contributed by atoms with E-state index in [0.29, 0.717) is 10.6 Å². The fourth-order valence-electron chi connectivity index (χ4n) is 1.31. The van der Waals surface area contributed by atoms with Crippen molar-refractivity contribution in [2.75, 3.05) is 0 Å². The molecule has 1 rings (SSSR count). The lowest BCUT2D eigenvalue weighted by molar-refractivity contribution is -0.129. The Morgan fingerprint density at radius 2 is 2.00 bits per heavy atom. The number of carbonyl (C=O) groups is 2. The largest absolute Gasteiger partial charge is 0.353 e. The van der Waals surface area contributed by atoms with Gasteiger partial charge in [0.25, 0.3) is 0 Å². The first-order chi connectivity index (χ1) is 8.99. The van der Waals surface area contributed by atoms with Crippen molar-refractivity contribution in [2.45, 2.75) is 26.3 Å². The summed E-state index contributed by atoms with van der Waals surface area (Å²) in [5.74, 6) is -0.804. The number of carbonyl (C=O) groups excluding carboxylic acids is 2. The zero-order valence-electron chi connectivity index (χ0n) is 10.8. The molecule has 0 saturated carbocycles. The van der Waals surface area contributed by atoms with Crippen LogP contribution < -0.4 is 10.7 Å². The lowest BCUT2D eigenvalue weighted by Gasteiger charge is -2.06. The van der Waals surface area contributed by atoms with Gasteiger partial charge in [0.05, 0.1) is 6.21 Å². The van der Waals surface area contributed by atoms with Crippen LogP contribution in [0.3, 0.4) is 0 Å². The van der Waals surface area contributed by atoms with E-state index in [9.17, 15) is 9.59 Å². The van der Waals surface area contributed by atoms with Crippen molar-refractivity contribution in [3.8, 4) is 0 Å². The van der Waals surface area contributed by atoms with Gasteiger partial charge in [0.1, 0.15) is 6.42 Å². The molecule has 0 aliphatic rings. The van der Waals surface area contributed by atoms with E-state index < -0.39 is 5.91 Å². The van der Waals surface area contributed by atoms with Crippen molar-refractivity contribution in [3.05, 3.63) is 34.9 Å². The van der Waals surface area contributed by atoms with Crippen molar-refractivity contribution in [3.63, 3.8) is 0 Å². The summed E-state index contributed by atoms with van der Waals surface area (Å²) in [5.41, 5.74) is 2.96. The van der Waals surface area contributed by atoms with E-state index in [1.165, 1.54) is 6.21 Å². The number of nitrogens with one attached hydrogen (secondary N) is 2. The second kappa shape index (κ2) is 7.53. The number of benzene rings is 1. The molecule has 0 heterocycles. The molecule has 102 valence electrons. The van der Waals surface area contributed by atoms with E-state index in [0.717, 1.165) is 0 Å². The van der Waals surface area contributed by atoms with Crippen LogP contribution >= 0.6 is 11.6 Å². The summed E-state index contributed by atoms with van der Waals surface area (Å²) in [7, 11) is 0. The molecule has 0 fully saturated rings. The predicted octanol–water partition coefficient (Wildman–Crippen LogP) is 1.70. The highest BCUT2D eigenvalue weighted by Crippen LogP contribution is 2.11. The van der Waals surface area contributed by atoms with Crippen molar-refractivity contribution < 1.29 is 9.59 Å². The van der Waals surface area contributed by atoms with Gasteiger partial charge in [-0.05, 0) is 19.9 Å². The summed E-state index contributed by atoms with van der Waals surface area (Å²) >= 11 is 5.91. The molecule has 0 radical (unpaired) electrons. The van der Waals surface area contributed by atoms with Gasteiger partial charge in [0.15, 0.2) is 0 Å². The monoisotopic (exact) mass is 281 g/mol. The van der Waals surface area contributed by atoms with Gasteiger partial charge in [0, 0.05) is 16.6 Å². The van der Waals surface area contributed by atoms with E-state index in [4.69, 9.17) is 11.6 Å². The Hall–Kier alpha value is -1.88. The maximum Gasteiger partial charge on any atom is 0.249 e. The second-order valence-electron chi connectivity index (χ2n) is 4.21. The highest BCUT2D eigenvalue weighted by atomic mass is 35.5. The molecule has 1 aromatic carbocycles. The van der Waals surface area contributed by atoms with E-state index in [-0.39, 0.29) is 18.4 Å². The SMILES string of the molecule is CC(C)NC(=O)CC(=O)NN=Cc1ccccc1Cl. The minimum Gasteiger partial charge on any atom is -0.353 e. The number of amides is 2. The first-order valence-corrected chi connectivity index (χ1v) is 6.22. The molecule has 2 N–H and O–H groups in total. The third-order valence-corrected chi connectivity index (χ3v) is 2.41. The highest BCUT2D eigenvalue weighted by molar-refractivity contribution is 6.33. The van der Waals surface area contributed by atoms with E-state index >= 15 is 0 Å². The second-order valence-corrected chi connectivity index (χ2v) is 4.62. The van der Waals surface area contributed by atoms with Crippen LogP contribution in [0.2, 0.25) is 5.02 Å². The summed E-state index contributed by atoms with van der Waals surface area (Å²) in [5, 5.41) is 6.90. The first kappa shape index (κ1) is 15.2. The van der Waals surface area contributed by atoms with Crippen molar-refractivity contribution in [2.24, 2.45) is 5.10 Å². The Morgan fingerprint density at radius 1 is 1.32 bits per heavy atom. The van der Waals surface area contributed by atoms with Crippen LogP contribution in [0, 0.1) is 0 Å². The van der Waals surface area contributed by atoms with Gasteiger partial charge >= 0.3 is 0 Å². The molecule has 0 aliphatic carbocycles. The highest BCUT2D eigenvalue weighted by Gasteiger charge is 2.09. The molecule has 6 heteroatoms. The van der Waals surface area contributed by atoms with Gasteiger partial charge in [-0.15, -0.1) is 0 Å². The molecule has 0 bridgehead atoms. The first-order valence-electron chi connectivity index (χ1n) is 5.85. The average molecular weight is 282 g/mol. The summed E-state index contributed by atoms with van der Waals surface area (Å²) in [6, 6.07) is 7.11. The molecule has 2 amide bonds. The van der Waals surface area contributed by atoms with Crippen molar-refractivity contribution in [1.82, 2.24) is 10.7 Å². The molecule has 0 unspecified atom stereocenters. The maximum atomic E-state index is 11.4. The van der Waals surface area contributed by atoms with Gasteiger partial charge in [0.2, 0.25) is 11.8 Å². The Bertz CT molecular complexity index is 487. The number of hydrogen-bond donors (Lipinski definition) is 2. The van der Waals surface area contributed by atoms with Crippen LogP contribution in [0.25, 0.3) is 0 Å². The number of nitrogens with zero attached hydrogens (tertiary/aromatic N) is 1. The van der Waals surface area contributed by atoms with Gasteiger partial charge in [-0.2, -0.15) is 5.10 Å². The van der Waals surface area contributed by atoms with Crippen molar-refractivity contribution >= 4 is 29.6 Å². The van der Waals surface area contributed by atoms with E-state index in [2.05, 4.69) is 15.8 Å². The van der Waals surface area contributed by atoms with E-state index in [1.807, 2.05) is 19.9 Å².